The minimum absolute atomic E-state index is 0.121. The molecule has 0 aliphatic rings. The van der Waals surface area contributed by atoms with Gasteiger partial charge in [-0.3, -0.25) is 4.90 Å². The molecule has 0 saturated carbocycles. The van der Waals surface area contributed by atoms with Crippen LogP contribution in [0.25, 0.3) is 0 Å². The highest BCUT2D eigenvalue weighted by atomic mass is 19.1. The standard InChI is InChI=1S/C19H21FN6O/c1-26(11-13-5-3-4-6-16(13)27-2)12-17-23-18(21)25-19(24-17)22-15-9-7-14(20)8-10-15/h3-10H,11-12H2,1-2H3,(H3,21,22,23,24,25). The molecule has 27 heavy (non-hydrogen) atoms. The monoisotopic (exact) mass is 368 g/mol. The molecule has 0 atom stereocenters. The topological polar surface area (TPSA) is 89.2 Å². The lowest BCUT2D eigenvalue weighted by molar-refractivity contribution is 0.302. The summed E-state index contributed by atoms with van der Waals surface area (Å²) in [6, 6.07) is 13.8. The Morgan fingerprint density at radius 1 is 1.04 bits per heavy atom. The van der Waals surface area contributed by atoms with Gasteiger partial charge in [-0.25, -0.2) is 4.39 Å². The number of anilines is 3. The summed E-state index contributed by atoms with van der Waals surface area (Å²) in [6.07, 6.45) is 0. The van der Waals surface area contributed by atoms with Crippen molar-refractivity contribution in [3.63, 3.8) is 0 Å². The summed E-state index contributed by atoms with van der Waals surface area (Å²) >= 11 is 0. The summed E-state index contributed by atoms with van der Waals surface area (Å²) in [6.45, 7) is 1.14. The fourth-order valence-electron chi connectivity index (χ4n) is 2.65. The van der Waals surface area contributed by atoms with Crippen LogP contribution in [0, 0.1) is 5.82 Å². The predicted molar refractivity (Wildman–Crippen MR) is 102 cm³/mol. The maximum Gasteiger partial charge on any atom is 0.232 e. The van der Waals surface area contributed by atoms with Gasteiger partial charge in [0.1, 0.15) is 17.4 Å². The molecule has 7 nitrogen and oxygen atoms in total. The molecule has 0 bridgehead atoms. The molecule has 0 amide bonds. The van der Waals surface area contributed by atoms with Gasteiger partial charge in [0.2, 0.25) is 11.9 Å². The summed E-state index contributed by atoms with van der Waals surface area (Å²) < 4.78 is 18.4. The first kappa shape index (κ1) is 18.5. The van der Waals surface area contributed by atoms with Gasteiger partial charge in [0.25, 0.3) is 0 Å². The number of ether oxygens (including phenoxy) is 1. The first-order chi connectivity index (χ1) is 13.0. The van der Waals surface area contributed by atoms with Gasteiger partial charge in [-0.05, 0) is 37.4 Å². The molecule has 0 saturated heterocycles. The second-order valence-electron chi connectivity index (χ2n) is 6.05. The van der Waals surface area contributed by atoms with Crippen molar-refractivity contribution in [2.45, 2.75) is 13.1 Å². The van der Waals surface area contributed by atoms with E-state index < -0.39 is 0 Å². The van der Waals surface area contributed by atoms with Crippen LogP contribution in [-0.4, -0.2) is 34.0 Å². The van der Waals surface area contributed by atoms with Crippen LogP contribution in [0.4, 0.5) is 22.0 Å². The highest BCUT2D eigenvalue weighted by Crippen LogP contribution is 2.20. The maximum absolute atomic E-state index is 13.0. The third-order valence-electron chi connectivity index (χ3n) is 3.84. The molecule has 8 heteroatoms. The molecular weight excluding hydrogens is 347 g/mol. The summed E-state index contributed by atoms with van der Waals surface area (Å²) in [5.41, 5.74) is 7.54. The minimum atomic E-state index is -0.311. The Kier molecular flexibility index (Phi) is 5.77. The first-order valence-electron chi connectivity index (χ1n) is 8.37. The van der Waals surface area contributed by atoms with Crippen molar-refractivity contribution in [1.82, 2.24) is 19.9 Å². The first-order valence-corrected chi connectivity index (χ1v) is 8.37. The fourth-order valence-corrected chi connectivity index (χ4v) is 2.65. The number of halogens is 1. The van der Waals surface area contributed by atoms with Crippen LogP contribution >= 0.6 is 0 Å². The summed E-state index contributed by atoms with van der Waals surface area (Å²) in [7, 11) is 3.61. The summed E-state index contributed by atoms with van der Waals surface area (Å²) in [5.74, 6) is 1.49. The quantitative estimate of drug-likeness (QED) is 0.663. The number of hydrogen-bond acceptors (Lipinski definition) is 7. The smallest absolute Gasteiger partial charge is 0.232 e. The van der Waals surface area contributed by atoms with Crippen LogP contribution in [0.15, 0.2) is 48.5 Å². The van der Waals surface area contributed by atoms with E-state index in [4.69, 9.17) is 10.5 Å². The minimum Gasteiger partial charge on any atom is -0.496 e. The molecule has 3 rings (SSSR count). The number of nitrogens with one attached hydrogen (secondary N) is 1. The van der Waals surface area contributed by atoms with E-state index in [1.165, 1.54) is 12.1 Å². The zero-order valence-corrected chi connectivity index (χ0v) is 15.2. The van der Waals surface area contributed by atoms with Gasteiger partial charge in [-0.2, -0.15) is 15.0 Å². The van der Waals surface area contributed by atoms with Crippen LogP contribution in [0.3, 0.4) is 0 Å². The predicted octanol–water partition coefficient (Wildman–Crippen LogP) is 2.98. The molecule has 0 aliphatic heterocycles. The number of nitrogens with two attached hydrogens (primary N) is 1. The highest BCUT2D eigenvalue weighted by Gasteiger charge is 2.10. The summed E-state index contributed by atoms with van der Waals surface area (Å²) in [5, 5.41) is 3.01. The second-order valence-corrected chi connectivity index (χ2v) is 6.05. The number of nitrogen functional groups attached to an aromatic ring is 1. The third-order valence-corrected chi connectivity index (χ3v) is 3.84. The number of para-hydroxylation sites is 1. The Labute approximate surface area is 157 Å². The molecule has 2 aromatic carbocycles. The molecule has 1 heterocycles. The number of hydrogen-bond donors (Lipinski definition) is 2. The molecule has 140 valence electrons. The molecule has 0 radical (unpaired) electrons. The second kappa shape index (κ2) is 8.41. The van der Waals surface area contributed by atoms with Gasteiger partial charge in [0.05, 0.1) is 13.7 Å². The molecule has 3 aromatic rings. The number of aromatic nitrogens is 3. The molecule has 1 aromatic heterocycles. The lowest BCUT2D eigenvalue weighted by Crippen LogP contribution is -2.20. The van der Waals surface area contributed by atoms with Crippen molar-refractivity contribution in [1.29, 1.82) is 0 Å². The van der Waals surface area contributed by atoms with Crippen LogP contribution in [0.1, 0.15) is 11.4 Å². The zero-order valence-electron chi connectivity index (χ0n) is 15.2. The largest absolute Gasteiger partial charge is 0.496 e. The summed E-state index contributed by atoms with van der Waals surface area (Å²) in [4.78, 5) is 14.7. The van der Waals surface area contributed by atoms with E-state index in [1.54, 1.807) is 19.2 Å². The average Bonchev–Trinajstić information content (AvgIpc) is 2.63. The molecular formula is C19H21FN6O. The molecule has 0 fully saturated rings. The van der Waals surface area contributed by atoms with Crippen molar-refractivity contribution < 1.29 is 9.13 Å². The Balaban J connectivity index is 1.71. The van der Waals surface area contributed by atoms with E-state index in [0.717, 1.165) is 11.3 Å². The van der Waals surface area contributed by atoms with Crippen molar-refractivity contribution in [2.75, 3.05) is 25.2 Å². The van der Waals surface area contributed by atoms with E-state index in [1.807, 2.05) is 36.2 Å². The normalized spacial score (nSPS) is 10.8. The Morgan fingerprint density at radius 2 is 1.78 bits per heavy atom. The van der Waals surface area contributed by atoms with Crippen LogP contribution in [0.5, 0.6) is 5.75 Å². The molecule has 0 spiro atoms. The van der Waals surface area contributed by atoms with E-state index in [0.29, 0.717) is 30.5 Å². The van der Waals surface area contributed by atoms with E-state index in [-0.39, 0.29) is 11.8 Å². The molecule has 0 aliphatic carbocycles. The van der Waals surface area contributed by atoms with Gasteiger partial charge >= 0.3 is 0 Å². The lowest BCUT2D eigenvalue weighted by atomic mass is 10.2. The molecule has 3 N–H and O–H groups in total. The van der Waals surface area contributed by atoms with E-state index in [9.17, 15) is 4.39 Å². The van der Waals surface area contributed by atoms with Gasteiger partial charge in [0, 0.05) is 17.8 Å². The number of methoxy groups -OCH3 is 1. The highest BCUT2D eigenvalue weighted by molar-refractivity contribution is 5.53. The van der Waals surface area contributed by atoms with Crippen molar-refractivity contribution in [3.05, 3.63) is 65.7 Å². The third kappa shape index (κ3) is 5.11. The Bertz CT molecular complexity index is 903. The van der Waals surface area contributed by atoms with E-state index in [2.05, 4.69) is 20.3 Å². The number of nitrogens with zero attached hydrogens (tertiary/aromatic N) is 4. The van der Waals surface area contributed by atoms with Gasteiger partial charge in [-0.15, -0.1) is 0 Å². The SMILES string of the molecule is COc1ccccc1CN(C)Cc1nc(N)nc(Nc2ccc(F)cc2)n1. The van der Waals surface area contributed by atoms with Gasteiger partial charge < -0.3 is 15.8 Å². The van der Waals surface area contributed by atoms with Crippen LogP contribution < -0.4 is 15.8 Å². The van der Waals surface area contributed by atoms with Crippen molar-refractivity contribution in [3.8, 4) is 5.75 Å². The van der Waals surface area contributed by atoms with Crippen molar-refractivity contribution in [2.24, 2.45) is 0 Å². The maximum atomic E-state index is 13.0. The number of rotatable bonds is 7. The average molecular weight is 368 g/mol. The van der Waals surface area contributed by atoms with Crippen molar-refractivity contribution >= 4 is 17.6 Å². The van der Waals surface area contributed by atoms with Gasteiger partial charge in [0.15, 0.2) is 0 Å². The van der Waals surface area contributed by atoms with Gasteiger partial charge in [-0.1, -0.05) is 18.2 Å². The Hall–Kier alpha value is -3.26. The van der Waals surface area contributed by atoms with Crippen LogP contribution in [-0.2, 0) is 13.1 Å². The van der Waals surface area contributed by atoms with Crippen LogP contribution in [0.2, 0.25) is 0 Å². The lowest BCUT2D eigenvalue weighted by Gasteiger charge is -2.18. The Morgan fingerprint density at radius 3 is 2.52 bits per heavy atom. The van der Waals surface area contributed by atoms with E-state index >= 15 is 0 Å². The molecule has 0 unspecified atom stereocenters. The zero-order chi connectivity index (χ0) is 19.2. The fraction of sp³-hybridized carbons (Fsp3) is 0.211. The number of benzene rings is 2.